The van der Waals surface area contributed by atoms with Crippen LogP contribution in [0.2, 0.25) is 0 Å². The van der Waals surface area contributed by atoms with Gasteiger partial charge in [0.25, 0.3) is 10.0 Å². The van der Waals surface area contributed by atoms with Gasteiger partial charge in [0.1, 0.15) is 18.1 Å². The Morgan fingerprint density at radius 2 is 1.79 bits per heavy atom. The fourth-order valence-corrected chi connectivity index (χ4v) is 5.62. The molecule has 0 radical (unpaired) electrons. The summed E-state index contributed by atoms with van der Waals surface area (Å²) < 4.78 is 46.6. The van der Waals surface area contributed by atoms with Gasteiger partial charge in [-0.2, -0.15) is 0 Å². The van der Waals surface area contributed by atoms with Crippen molar-refractivity contribution in [1.82, 2.24) is 5.32 Å². The number of anilines is 1. The van der Waals surface area contributed by atoms with Crippen LogP contribution in [0.15, 0.2) is 71.6 Å². The number of sulfonamides is 1. The summed E-state index contributed by atoms with van der Waals surface area (Å²) >= 11 is 0. The second-order valence-electron chi connectivity index (χ2n) is 8.38. The lowest BCUT2D eigenvalue weighted by Gasteiger charge is -2.29. The second-order valence-corrected chi connectivity index (χ2v) is 10.2. The highest BCUT2D eigenvalue weighted by molar-refractivity contribution is 7.92. The highest BCUT2D eigenvalue weighted by atomic mass is 32.2. The van der Waals surface area contributed by atoms with Crippen LogP contribution >= 0.6 is 0 Å². The van der Waals surface area contributed by atoms with Gasteiger partial charge >= 0.3 is 0 Å². The summed E-state index contributed by atoms with van der Waals surface area (Å²) in [5.41, 5.74) is 3.45. The molecule has 178 valence electrons. The smallest absolute Gasteiger partial charge is 0.264 e. The van der Waals surface area contributed by atoms with Crippen molar-refractivity contribution in [3.05, 3.63) is 89.2 Å². The molecule has 1 aliphatic carbocycles. The topological polar surface area (TPSA) is 75.7 Å². The number of fused-ring (bicyclic) bond motifs is 1. The minimum absolute atomic E-state index is 0.0858. The number of aryl methyl sites for hydroxylation is 2. The van der Waals surface area contributed by atoms with Crippen LogP contribution < -0.4 is 14.4 Å². The van der Waals surface area contributed by atoms with E-state index in [0.29, 0.717) is 5.69 Å². The summed E-state index contributed by atoms with van der Waals surface area (Å²) in [6.45, 7) is 1.50. The number of ether oxygens (including phenoxy) is 1. The lowest BCUT2D eigenvalue weighted by molar-refractivity contribution is -0.120. The minimum Gasteiger partial charge on any atom is -0.497 e. The third-order valence-electron chi connectivity index (χ3n) is 6.01. The van der Waals surface area contributed by atoms with E-state index in [4.69, 9.17) is 4.74 Å². The van der Waals surface area contributed by atoms with Crippen LogP contribution in [0.3, 0.4) is 0 Å². The zero-order chi connectivity index (χ0) is 24.3. The first-order valence-corrected chi connectivity index (χ1v) is 12.5. The van der Waals surface area contributed by atoms with Crippen molar-refractivity contribution in [1.29, 1.82) is 0 Å². The van der Waals surface area contributed by atoms with Gasteiger partial charge in [0, 0.05) is 0 Å². The molecule has 0 aromatic heterocycles. The van der Waals surface area contributed by atoms with E-state index in [2.05, 4.69) is 5.32 Å². The monoisotopic (exact) mass is 482 g/mol. The number of hydrogen-bond donors (Lipinski definition) is 1. The van der Waals surface area contributed by atoms with Crippen LogP contribution in [0.4, 0.5) is 10.1 Å². The zero-order valence-electron chi connectivity index (χ0n) is 19.1. The number of carbonyl (C=O) groups is 1. The fraction of sp³-hybridized carbons (Fsp3) is 0.269. The molecule has 6 nitrogen and oxygen atoms in total. The van der Waals surface area contributed by atoms with E-state index in [1.54, 1.807) is 31.4 Å². The van der Waals surface area contributed by atoms with E-state index in [-0.39, 0.29) is 10.9 Å². The Morgan fingerprint density at radius 3 is 2.47 bits per heavy atom. The van der Waals surface area contributed by atoms with E-state index >= 15 is 0 Å². The van der Waals surface area contributed by atoms with Gasteiger partial charge in [-0.25, -0.2) is 12.8 Å². The molecule has 1 unspecified atom stereocenters. The maximum Gasteiger partial charge on any atom is 0.264 e. The lowest BCUT2D eigenvalue weighted by atomic mass is 9.87. The molecule has 34 heavy (non-hydrogen) atoms. The summed E-state index contributed by atoms with van der Waals surface area (Å²) in [6, 6.07) is 17.0. The van der Waals surface area contributed by atoms with Crippen LogP contribution in [0, 0.1) is 12.7 Å². The Labute approximate surface area is 199 Å². The SMILES string of the molecule is COc1ccc2c(c1)CCCC2NC(=O)CN(c1ccc(C)cc1)S(=O)(=O)c1ccc(F)cc1. The maximum atomic E-state index is 13.4. The second kappa shape index (κ2) is 9.85. The molecule has 1 aliphatic rings. The quantitative estimate of drug-likeness (QED) is 0.537. The van der Waals surface area contributed by atoms with Crippen molar-refractivity contribution in [2.75, 3.05) is 18.0 Å². The molecule has 1 N–H and O–H groups in total. The fourth-order valence-electron chi connectivity index (χ4n) is 4.20. The largest absolute Gasteiger partial charge is 0.497 e. The van der Waals surface area contributed by atoms with E-state index < -0.39 is 28.3 Å². The molecule has 4 rings (SSSR count). The van der Waals surface area contributed by atoms with Crippen LogP contribution in [0.25, 0.3) is 0 Å². The number of benzene rings is 3. The summed E-state index contributed by atoms with van der Waals surface area (Å²) in [7, 11) is -2.48. The number of carbonyl (C=O) groups excluding carboxylic acids is 1. The zero-order valence-corrected chi connectivity index (χ0v) is 19.9. The van der Waals surface area contributed by atoms with E-state index in [1.165, 1.54) is 12.1 Å². The summed E-state index contributed by atoms with van der Waals surface area (Å²) in [4.78, 5) is 13.0. The molecule has 0 heterocycles. The van der Waals surface area contributed by atoms with Crippen molar-refractivity contribution in [3.8, 4) is 5.75 Å². The van der Waals surface area contributed by atoms with Gasteiger partial charge < -0.3 is 10.1 Å². The molecule has 0 bridgehead atoms. The minimum atomic E-state index is -4.10. The average Bonchev–Trinajstić information content (AvgIpc) is 2.83. The number of methoxy groups -OCH3 is 1. The molecular formula is C26H27FN2O4S. The number of nitrogens with one attached hydrogen (secondary N) is 1. The summed E-state index contributed by atoms with van der Waals surface area (Å²) in [6.07, 6.45) is 2.56. The van der Waals surface area contributed by atoms with E-state index in [9.17, 15) is 17.6 Å². The van der Waals surface area contributed by atoms with Crippen LogP contribution in [-0.4, -0.2) is 28.0 Å². The highest BCUT2D eigenvalue weighted by Crippen LogP contribution is 2.32. The molecule has 0 saturated carbocycles. The number of rotatable bonds is 7. The number of nitrogens with zero attached hydrogens (tertiary/aromatic N) is 1. The van der Waals surface area contributed by atoms with Crippen molar-refractivity contribution in [2.24, 2.45) is 0 Å². The maximum absolute atomic E-state index is 13.4. The first-order valence-electron chi connectivity index (χ1n) is 11.1. The summed E-state index contributed by atoms with van der Waals surface area (Å²) in [5, 5.41) is 3.01. The van der Waals surface area contributed by atoms with Gasteiger partial charge in [-0.15, -0.1) is 0 Å². The van der Waals surface area contributed by atoms with Crippen molar-refractivity contribution in [2.45, 2.75) is 37.1 Å². The van der Waals surface area contributed by atoms with Crippen molar-refractivity contribution >= 4 is 21.6 Å². The Balaban J connectivity index is 1.60. The van der Waals surface area contributed by atoms with Gasteiger partial charge in [-0.3, -0.25) is 9.10 Å². The normalized spacial score (nSPS) is 15.3. The molecule has 3 aromatic carbocycles. The number of hydrogen-bond acceptors (Lipinski definition) is 4. The number of amides is 1. The molecule has 0 spiro atoms. The third-order valence-corrected chi connectivity index (χ3v) is 7.80. The predicted octanol–water partition coefficient (Wildman–Crippen LogP) is 4.53. The summed E-state index contributed by atoms with van der Waals surface area (Å²) in [5.74, 6) is -0.187. The average molecular weight is 483 g/mol. The Morgan fingerprint density at radius 1 is 1.09 bits per heavy atom. The van der Waals surface area contributed by atoms with Crippen LogP contribution in [0.1, 0.15) is 35.6 Å². The standard InChI is InChI=1S/C26H27FN2O4S/c1-18-6-10-21(11-7-18)29(34(31,32)23-13-8-20(27)9-14-23)17-26(30)28-25-5-3-4-19-16-22(33-2)12-15-24(19)25/h6-16,25H,3-5,17H2,1-2H3,(H,28,30). The molecule has 0 saturated heterocycles. The molecule has 8 heteroatoms. The molecule has 1 amide bonds. The first-order chi connectivity index (χ1) is 16.3. The van der Waals surface area contributed by atoms with Gasteiger partial charge in [0.05, 0.1) is 23.7 Å². The molecule has 3 aromatic rings. The Bertz CT molecular complexity index is 1280. The first kappa shape index (κ1) is 23.8. The van der Waals surface area contributed by atoms with Crippen molar-refractivity contribution in [3.63, 3.8) is 0 Å². The Hall–Kier alpha value is -3.39. The molecule has 0 fully saturated rings. The van der Waals surface area contributed by atoms with Crippen LogP contribution in [0.5, 0.6) is 5.75 Å². The lowest BCUT2D eigenvalue weighted by Crippen LogP contribution is -2.42. The Kier molecular flexibility index (Phi) is 6.88. The third kappa shape index (κ3) is 5.07. The number of halogens is 1. The van der Waals surface area contributed by atoms with Crippen LogP contribution in [-0.2, 0) is 21.2 Å². The molecule has 1 atom stereocenters. The van der Waals surface area contributed by atoms with Gasteiger partial charge in [0.15, 0.2) is 0 Å². The van der Waals surface area contributed by atoms with Gasteiger partial charge in [-0.1, -0.05) is 23.8 Å². The highest BCUT2D eigenvalue weighted by Gasteiger charge is 2.29. The molecular weight excluding hydrogens is 455 g/mol. The van der Waals surface area contributed by atoms with E-state index in [1.807, 2.05) is 25.1 Å². The van der Waals surface area contributed by atoms with E-state index in [0.717, 1.165) is 58.1 Å². The van der Waals surface area contributed by atoms with Crippen molar-refractivity contribution < 1.29 is 22.3 Å². The predicted molar refractivity (Wildman–Crippen MR) is 129 cm³/mol. The van der Waals surface area contributed by atoms with Gasteiger partial charge in [0.2, 0.25) is 5.91 Å². The van der Waals surface area contributed by atoms with Gasteiger partial charge in [-0.05, 0) is 85.8 Å². The molecule has 0 aliphatic heterocycles.